The van der Waals surface area contributed by atoms with Crippen molar-refractivity contribution < 1.29 is 18.3 Å². The van der Waals surface area contributed by atoms with Gasteiger partial charge in [-0.25, -0.2) is 27.5 Å². The van der Waals surface area contributed by atoms with Gasteiger partial charge in [0.1, 0.15) is 10.0 Å². The summed E-state index contributed by atoms with van der Waals surface area (Å²) < 4.78 is 27.7. The maximum absolute atomic E-state index is 12.9. The zero-order valence-electron chi connectivity index (χ0n) is 21.3. The van der Waals surface area contributed by atoms with E-state index < -0.39 is 21.6 Å². The Hall–Kier alpha value is -3.65. The van der Waals surface area contributed by atoms with Crippen molar-refractivity contribution in [1.82, 2.24) is 19.2 Å². The Morgan fingerprint density at radius 3 is 2.55 bits per heavy atom. The molecule has 4 aromatic rings. The van der Waals surface area contributed by atoms with Crippen molar-refractivity contribution in [3.63, 3.8) is 0 Å². The number of halogens is 1. The van der Waals surface area contributed by atoms with Gasteiger partial charge in [0, 0.05) is 23.7 Å². The fourth-order valence-electron chi connectivity index (χ4n) is 4.54. The van der Waals surface area contributed by atoms with Crippen LogP contribution in [0.25, 0.3) is 16.6 Å². The number of aromatic nitrogens is 2. The molecule has 3 aromatic heterocycles. The first-order chi connectivity index (χ1) is 19.2. The summed E-state index contributed by atoms with van der Waals surface area (Å²) in [5, 5.41) is 17.7. The zero-order valence-corrected chi connectivity index (χ0v) is 23.7. The summed E-state index contributed by atoms with van der Waals surface area (Å²) in [6.45, 7) is 4.20. The van der Waals surface area contributed by atoms with Gasteiger partial charge in [-0.15, -0.1) is 11.3 Å². The third-order valence-corrected chi connectivity index (χ3v) is 9.51. The van der Waals surface area contributed by atoms with E-state index in [2.05, 4.69) is 20.5 Å². The predicted octanol–water partition coefficient (Wildman–Crippen LogP) is 4.21. The van der Waals surface area contributed by atoms with E-state index in [-0.39, 0.29) is 25.9 Å². The molecular formula is C26H27ClN6O5S2. The van der Waals surface area contributed by atoms with Gasteiger partial charge in [0.15, 0.2) is 0 Å². The second kappa shape index (κ2) is 11.8. The van der Waals surface area contributed by atoms with Gasteiger partial charge in [0.2, 0.25) is 5.88 Å². The Morgan fingerprint density at radius 1 is 1.07 bits per heavy atom. The third-order valence-electron chi connectivity index (χ3n) is 6.46. The first kappa shape index (κ1) is 27.9. The molecule has 2 amide bonds. The molecule has 1 aromatic carbocycles. The van der Waals surface area contributed by atoms with E-state index in [9.17, 15) is 23.1 Å². The smallest absolute Gasteiger partial charge is 0.333 e. The highest BCUT2D eigenvalue weighted by Gasteiger charge is 2.20. The number of hydrogen-bond acceptors (Lipinski definition) is 9. The molecule has 4 heterocycles. The minimum Gasteiger partial charge on any atom is -0.494 e. The molecule has 40 heavy (non-hydrogen) atoms. The second-order valence-corrected chi connectivity index (χ2v) is 12.9. The van der Waals surface area contributed by atoms with Crippen molar-refractivity contribution in [2.75, 3.05) is 36.8 Å². The lowest BCUT2D eigenvalue weighted by Crippen LogP contribution is -2.34. The van der Waals surface area contributed by atoms with Crippen molar-refractivity contribution >= 4 is 61.1 Å². The molecule has 0 radical (unpaired) electrons. The molecule has 11 nitrogen and oxygen atoms in total. The van der Waals surface area contributed by atoms with Gasteiger partial charge < -0.3 is 20.6 Å². The van der Waals surface area contributed by atoms with Crippen LogP contribution in [0.15, 0.2) is 63.7 Å². The first-order valence-electron chi connectivity index (χ1n) is 12.6. The second-order valence-electron chi connectivity index (χ2n) is 9.30. The van der Waals surface area contributed by atoms with E-state index in [4.69, 9.17) is 11.6 Å². The van der Waals surface area contributed by atoms with Crippen LogP contribution in [0.5, 0.6) is 5.88 Å². The van der Waals surface area contributed by atoms with Gasteiger partial charge in [0.05, 0.1) is 16.2 Å². The molecule has 0 aliphatic carbocycles. The number of urea groups is 1. The zero-order chi connectivity index (χ0) is 28.3. The quantitative estimate of drug-likeness (QED) is 0.208. The molecular weight excluding hydrogens is 576 g/mol. The van der Waals surface area contributed by atoms with E-state index in [1.165, 1.54) is 62.5 Å². The number of nitrogens with one attached hydrogen (secondary N) is 3. The number of hydrogen-bond donors (Lipinski definition) is 4. The number of amides is 2. The summed E-state index contributed by atoms with van der Waals surface area (Å²) in [4.78, 5) is 31.8. The van der Waals surface area contributed by atoms with Crippen LogP contribution in [0.2, 0.25) is 4.34 Å². The summed E-state index contributed by atoms with van der Waals surface area (Å²) in [6.07, 6.45) is 4.80. The van der Waals surface area contributed by atoms with Crippen molar-refractivity contribution in [2.45, 2.75) is 23.5 Å². The summed E-state index contributed by atoms with van der Waals surface area (Å²) >= 11 is 6.59. The average Bonchev–Trinajstić information content (AvgIpc) is 3.59. The number of fused-ring (bicyclic) bond motifs is 1. The minimum absolute atomic E-state index is 0.104. The van der Waals surface area contributed by atoms with E-state index in [0.717, 1.165) is 41.1 Å². The Kier molecular flexibility index (Phi) is 8.26. The van der Waals surface area contributed by atoms with Crippen LogP contribution in [0.3, 0.4) is 0 Å². The van der Waals surface area contributed by atoms with Crippen LogP contribution < -0.4 is 20.9 Å². The lowest BCUT2D eigenvalue weighted by Gasteiger charge is -2.15. The van der Waals surface area contributed by atoms with Gasteiger partial charge in [0.25, 0.3) is 15.6 Å². The molecule has 1 saturated heterocycles. The highest BCUT2D eigenvalue weighted by atomic mass is 35.5. The molecule has 0 atom stereocenters. The van der Waals surface area contributed by atoms with Gasteiger partial charge in [-0.05, 0) is 86.7 Å². The van der Waals surface area contributed by atoms with Crippen LogP contribution in [0, 0.1) is 0 Å². The van der Waals surface area contributed by atoms with Gasteiger partial charge in [-0.1, -0.05) is 11.6 Å². The summed E-state index contributed by atoms with van der Waals surface area (Å²) in [5.41, 5.74) is 0.554. The van der Waals surface area contributed by atoms with Crippen LogP contribution in [-0.2, 0) is 10.0 Å². The SMILES string of the molecule is O=C(Nc1ccc(-n2c(O)c3ccc(NCCCN4CCCC4)cc3cc2=O)nc1)NS(=O)(=O)c1ccc(Cl)s1. The van der Waals surface area contributed by atoms with Crippen molar-refractivity contribution in [3.8, 4) is 11.7 Å². The molecule has 5 rings (SSSR count). The Balaban J connectivity index is 1.25. The highest BCUT2D eigenvalue weighted by molar-refractivity contribution is 7.92. The summed E-state index contributed by atoms with van der Waals surface area (Å²) in [7, 11) is -4.09. The molecule has 4 N–H and O–H groups in total. The van der Waals surface area contributed by atoms with E-state index in [0.29, 0.717) is 10.8 Å². The minimum atomic E-state index is -4.09. The molecule has 0 bridgehead atoms. The number of rotatable bonds is 9. The fourth-order valence-corrected chi connectivity index (χ4v) is 6.93. The van der Waals surface area contributed by atoms with E-state index in [1.807, 2.05) is 16.9 Å². The summed E-state index contributed by atoms with van der Waals surface area (Å²) in [5.74, 6) is -0.143. The molecule has 1 aliphatic rings. The number of nitrogens with zero attached hydrogens (tertiary/aromatic N) is 3. The normalized spacial score (nSPS) is 13.9. The molecule has 1 aliphatic heterocycles. The van der Waals surface area contributed by atoms with Crippen molar-refractivity contribution in [2.24, 2.45) is 0 Å². The predicted molar refractivity (Wildman–Crippen MR) is 156 cm³/mol. The average molecular weight is 603 g/mol. The fraction of sp³-hybridized carbons (Fsp3) is 0.269. The van der Waals surface area contributed by atoms with Gasteiger partial charge in [-0.2, -0.15) is 0 Å². The molecule has 0 unspecified atom stereocenters. The van der Waals surface area contributed by atoms with Gasteiger partial charge in [-0.3, -0.25) is 4.79 Å². The largest absolute Gasteiger partial charge is 0.494 e. The number of benzene rings is 1. The first-order valence-corrected chi connectivity index (χ1v) is 15.3. The Bertz CT molecular complexity index is 1700. The number of aromatic hydroxyl groups is 1. The molecule has 210 valence electrons. The lowest BCUT2D eigenvalue weighted by atomic mass is 10.1. The standard InChI is InChI=1S/C26H27ClN6O5S2/c27-21-7-9-24(39-21)40(37,38)31-26(36)30-19-5-8-22(29-16-19)33-23(34)15-17-14-18(4-6-20(17)25(33)35)28-10-3-13-32-11-1-2-12-32/h4-9,14-16,28,35H,1-3,10-13H2,(H2,30,31,36). The van der Waals surface area contributed by atoms with E-state index >= 15 is 0 Å². The number of carbonyl (C=O) groups is 1. The maximum atomic E-state index is 12.9. The lowest BCUT2D eigenvalue weighted by molar-refractivity contribution is 0.256. The van der Waals surface area contributed by atoms with Crippen LogP contribution >= 0.6 is 22.9 Å². The maximum Gasteiger partial charge on any atom is 0.333 e. The monoisotopic (exact) mass is 602 g/mol. The molecule has 14 heteroatoms. The molecule has 0 saturated carbocycles. The van der Waals surface area contributed by atoms with Gasteiger partial charge >= 0.3 is 6.03 Å². The summed E-state index contributed by atoms with van der Waals surface area (Å²) in [6, 6.07) is 11.4. The van der Waals surface area contributed by atoms with Crippen molar-refractivity contribution in [3.05, 3.63) is 69.4 Å². The topological polar surface area (TPSA) is 146 Å². The Morgan fingerprint density at radius 2 is 1.85 bits per heavy atom. The molecule has 0 spiro atoms. The third kappa shape index (κ3) is 6.39. The highest BCUT2D eigenvalue weighted by Crippen LogP contribution is 2.28. The van der Waals surface area contributed by atoms with Crippen LogP contribution in [0.4, 0.5) is 16.2 Å². The number of pyridine rings is 2. The van der Waals surface area contributed by atoms with Crippen molar-refractivity contribution in [1.29, 1.82) is 0 Å². The Labute approximate surface area is 239 Å². The van der Waals surface area contributed by atoms with E-state index in [1.54, 1.807) is 6.07 Å². The number of thiophene rings is 1. The molecule has 1 fully saturated rings. The number of sulfonamides is 1. The van der Waals surface area contributed by atoms with Crippen LogP contribution in [-0.4, -0.2) is 60.2 Å². The number of carbonyl (C=O) groups excluding carboxylic acids is 1. The van der Waals surface area contributed by atoms with Crippen LogP contribution in [0.1, 0.15) is 19.3 Å². The number of likely N-dealkylation sites (tertiary alicyclic amines) is 1. The number of anilines is 2.